The maximum Gasteiger partial charge on any atom is 0.195 e. The van der Waals surface area contributed by atoms with Gasteiger partial charge in [-0.25, -0.2) is 4.98 Å². The molecule has 0 bridgehead atoms. The van der Waals surface area contributed by atoms with Gasteiger partial charge in [-0.1, -0.05) is 6.07 Å². The van der Waals surface area contributed by atoms with Crippen molar-refractivity contribution in [1.29, 1.82) is 0 Å². The number of pyridine rings is 2. The maximum absolute atomic E-state index is 13.5. The van der Waals surface area contributed by atoms with Gasteiger partial charge in [0, 0.05) is 58.1 Å². The zero-order valence-corrected chi connectivity index (χ0v) is 18.4. The molecule has 6 heteroatoms. The van der Waals surface area contributed by atoms with Crippen LogP contribution < -0.4 is 4.74 Å². The number of aryl methyl sites for hydroxylation is 2. The summed E-state index contributed by atoms with van der Waals surface area (Å²) in [4.78, 5) is 26.4. The van der Waals surface area contributed by atoms with E-state index in [9.17, 15) is 4.79 Å². The monoisotopic (exact) mass is 439 g/mol. The summed E-state index contributed by atoms with van der Waals surface area (Å²) in [6, 6.07) is 13.6. The van der Waals surface area contributed by atoms with Crippen LogP contribution in [-0.4, -0.2) is 27.3 Å². The Hall–Kier alpha value is -3.64. The van der Waals surface area contributed by atoms with Gasteiger partial charge in [0.15, 0.2) is 5.78 Å². The number of aromatic nitrogens is 3. The second-order valence-electron chi connectivity index (χ2n) is 7.63. The molecular formula is C26H21N3O2S. The minimum atomic E-state index is -0.0157. The highest BCUT2D eigenvalue weighted by atomic mass is 32.1. The molecule has 4 aromatic rings. The van der Waals surface area contributed by atoms with E-state index in [0.29, 0.717) is 23.5 Å². The van der Waals surface area contributed by atoms with Crippen molar-refractivity contribution in [2.45, 2.75) is 19.8 Å². The normalized spacial score (nSPS) is 12.8. The van der Waals surface area contributed by atoms with Gasteiger partial charge in [0.05, 0.1) is 6.61 Å². The van der Waals surface area contributed by atoms with Gasteiger partial charge in [-0.2, -0.15) is 0 Å². The quantitative estimate of drug-likeness (QED) is 0.360. The van der Waals surface area contributed by atoms with Crippen LogP contribution in [0, 0.1) is 6.92 Å². The van der Waals surface area contributed by atoms with E-state index in [1.54, 1.807) is 36.1 Å². The van der Waals surface area contributed by atoms with E-state index in [4.69, 9.17) is 4.74 Å². The van der Waals surface area contributed by atoms with Crippen LogP contribution in [0.2, 0.25) is 0 Å². The van der Waals surface area contributed by atoms with Crippen molar-refractivity contribution >= 4 is 28.3 Å². The number of ether oxygens (including phenoxy) is 1. The zero-order valence-electron chi connectivity index (χ0n) is 17.6. The van der Waals surface area contributed by atoms with Gasteiger partial charge in [-0.05, 0) is 67.3 Å². The Morgan fingerprint density at radius 2 is 1.84 bits per heavy atom. The number of thiazole rings is 1. The summed E-state index contributed by atoms with van der Waals surface area (Å²) >= 11 is 1.55. The molecule has 5 rings (SSSR count). The minimum absolute atomic E-state index is 0.0157. The summed E-state index contributed by atoms with van der Waals surface area (Å²) < 4.78 is 5.98. The zero-order chi connectivity index (χ0) is 21.9. The van der Waals surface area contributed by atoms with Gasteiger partial charge >= 0.3 is 0 Å². The van der Waals surface area contributed by atoms with Crippen molar-refractivity contribution in [1.82, 2.24) is 15.0 Å². The molecule has 32 heavy (non-hydrogen) atoms. The van der Waals surface area contributed by atoms with Crippen LogP contribution >= 0.6 is 11.3 Å². The van der Waals surface area contributed by atoms with E-state index < -0.39 is 0 Å². The lowest BCUT2D eigenvalue weighted by Gasteiger charge is -2.09. The number of hydrogen-bond donors (Lipinski definition) is 0. The molecule has 3 aromatic heterocycles. The van der Waals surface area contributed by atoms with Crippen LogP contribution in [0.4, 0.5) is 0 Å². The van der Waals surface area contributed by atoms with Crippen LogP contribution in [0.15, 0.2) is 72.6 Å². The number of benzene rings is 1. The first-order chi connectivity index (χ1) is 15.7. The van der Waals surface area contributed by atoms with Crippen molar-refractivity contribution in [3.63, 3.8) is 0 Å². The largest absolute Gasteiger partial charge is 0.494 e. The second-order valence-corrected chi connectivity index (χ2v) is 8.49. The second kappa shape index (κ2) is 8.85. The average Bonchev–Trinajstić information content (AvgIpc) is 3.38. The van der Waals surface area contributed by atoms with Crippen LogP contribution in [0.1, 0.15) is 44.2 Å². The number of hydrogen-bond acceptors (Lipinski definition) is 6. The summed E-state index contributed by atoms with van der Waals surface area (Å²) in [6.07, 6.45) is 8.86. The lowest BCUT2D eigenvalue weighted by Crippen LogP contribution is -2.02. The molecule has 0 N–H and O–H groups in total. The van der Waals surface area contributed by atoms with Gasteiger partial charge in [-0.15, -0.1) is 11.3 Å². The first-order valence-corrected chi connectivity index (χ1v) is 11.4. The van der Waals surface area contributed by atoms with Gasteiger partial charge < -0.3 is 4.74 Å². The summed E-state index contributed by atoms with van der Waals surface area (Å²) in [5.41, 5.74) is 6.05. The fraction of sp³-hybridized carbons (Fsp3) is 0.154. The number of rotatable bonds is 7. The Morgan fingerprint density at radius 3 is 2.59 bits per heavy atom. The molecule has 0 amide bonds. The minimum Gasteiger partial charge on any atom is -0.494 e. The molecule has 0 aliphatic heterocycles. The fourth-order valence-corrected chi connectivity index (χ4v) is 4.76. The predicted octanol–water partition coefficient (Wildman–Crippen LogP) is 5.41. The van der Waals surface area contributed by atoms with E-state index in [2.05, 4.69) is 15.0 Å². The molecule has 1 aliphatic rings. The summed E-state index contributed by atoms with van der Waals surface area (Å²) in [7, 11) is 0. The molecule has 0 radical (unpaired) electrons. The number of Topliss-reactive ketones (excluding diaryl/α,β-unsaturated/α-hetero) is 1. The Kier molecular flexibility index (Phi) is 5.60. The Labute approximate surface area is 190 Å². The number of ketones is 1. The van der Waals surface area contributed by atoms with Crippen molar-refractivity contribution < 1.29 is 9.53 Å². The Morgan fingerprint density at radius 1 is 0.969 bits per heavy atom. The van der Waals surface area contributed by atoms with E-state index in [-0.39, 0.29) is 5.78 Å². The van der Waals surface area contributed by atoms with E-state index in [0.717, 1.165) is 40.2 Å². The van der Waals surface area contributed by atoms with Gasteiger partial charge in [0.25, 0.3) is 0 Å². The van der Waals surface area contributed by atoms with Crippen molar-refractivity contribution in [2.24, 2.45) is 0 Å². The van der Waals surface area contributed by atoms with E-state index >= 15 is 0 Å². The van der Waals surface area contributed by atoms with Crippen molar-refractivity contribution in [2.75, 3.05) is 6.61 Å². The molecule has 1 aromatic carbocycles. The highest BCUT2D eigenvalue weighted by Crippen LogP contribution is 2.43. The van der Waals surface area contributed by atoms with Crippen LogP contribution in [-0.2, 0) is 6.42 Å². The molecule has 3 heterocycles. The third-order valence-corrected chi connectivity index (χ3v) is 6.37. The highest BCUT2D eigenvalue weighted by Gasteiger charge is 2.33. The molecule has 0 fully saturated rings. The molecule has 0 saturated heterocycles. The lowest BCUT2D eigenvalue weighted by atomic mass is 10.0. The van der Waals surface area contributed by atoms with Gasteiger partial charge in [-0.3, -0.25) is 14.8 Å². The maximum atomic E-state index is 13.5. The molecule has 158 valence electrons. The molecular weight excluding hydrogens is 418 g/mol. The van der Waals surface area contributed by atoms with Crippen LogP contribution in [0.5, 0.6) is 5.75 Å². The van der Waals surface area contributed by atoms with E-state index in [1.807, 2.05) is 54.8 Å². The lowest BCUT2D eigenvalue weighted by molar-refractivity contribution is 0.105. The molecule has 0 atom stereocenters. The summed E-state index contributed by atoms with van der Waals surface area (Å²) in [5.74, 6) is 0.687. The van der Waals surface area contributed by atoms with Gasteiger partial charge in [0.2, 0.25) is 0 Å². The molecule has 1 aliphatic carbocycles. The Balaban J connectivity index is 1.41. The number of fused-ring (bicyclic) bond motifs is 1. The van der Waals surface area contributed by atoms with Crippen molar-refractivity contribution in [3.8, 4) is 5.75 Å². The first-order valence-electron chi connectivity index (χ1n) is 10.5. The number of nitrogens with zero attached hydrogens (tertiary/aromatic N) is 3. The van der Waals surface area contributed by atoms with Gasteiger partial charge in [0.1, 0.15) is 10.8 Å². The highest BCUT2D eigenvalue weighted by molar-refractivity contribution is 7.11. The van der Waals surface area contributed by atoms with Crippen molar-refractivity contribution in [3.05, 3.63) is 106 Å². The smallest absolute Gasteiger partial charge is 0.195 e. The first kappa shape index (κ1) is 20.3. The number of carbonyl (C=O) groups excluding carboxylic acids is 1. The molecule has 0 saturated carbocycles. The number of carbonyl (C=O) groups is 1. The number of allylic oxidation sites excluding steroid dienone is 1. The SMILES string of the molecule is Cc1csc(C2=C(c3cccnc3)C(=O)c3cc(OCCCc4ccncc4)ccc32)n1. The van der Waals surface area contributed by atoms with E-state index in [1.165, 1.54) is 5.56 Å². The molecule has 0 spiro atoms. The van der Waals surface area contributed by atoms with Crippen LogP contribution in [0.25, 0.3) is 11.1 Å². The molecule has 0 unspecified atom stereocenters. The molecule has 5 nitrogen and oxygen atoms in total. The topological polar surface area (TPSA) is 65.0 Å². The average molecular weight is 440 g/mol. The summed E-state index contributed by atoms with van der Waals surface area (Å²) in [6.45, 7) is 2.54. The predicted molar refractivity (Wildman–Crippen MR) is 126 cm³/mol. The van der Waals surface area contributed by atoms with Crippen LogP contribution in [0.3, 0.4) is 0 Å². The Bertz CT molecular complexity index is 1300. The third-order valence-electron chi connectivity index (χ3n) is 5.39. The standard InChI is InChI=1S/C26H21N3O2S/c1-17-16-32-26(29-17)24-21-7-6-20(31-13-3-4-18-8-11-27-12-9-18)14-22(21)25(30)23(24)19-5-2-10-28-15-19/h2,5-12,14-16H,3-4,13H2,1H3. The fourth-order valence-electron chi connectivity index (χ4n) is 3.89. The third kappa shape index (κ3) is 3.97. The summed E-state index contributed by atoms with van der Waals surface area (Å²) in [5, 5.41) is 2.85.